The molecule has 1 N–H and O–H groups in total. The Bertz CT molecular complexity index is 1460. The van der Waals surface area contributed by atoms with E-state index in [0.717, 1.165) is 57.5 Å². The molecule has 3 heterocycles. The first kappa shape index (κ1) is 25.1. The maximum Gasteiger partial charge on any atom is 0.407 e. The molecule has 4 aromatic rings. The predicted molar refractivity (Wildman–Crippen MR) is 147 cm³/mol. The summed E-state index contributed by atoms with van der Waals surface area (Å²) in [4.78, 5) is 35.2. The molecule has 0 aliphatic carbocycles. The van der Waals surface area contributed by atoms with Crippen molar-refractivity contribution >= 4 is 33.6 Å². The number of benzene rings is 3. The summed E-state index contributed by atoms with van der Waals surface area (Å²) in [5, 5.41) is 10.5. The van der Waals surface area contributed by atoms with E-state index in [0.29, 0.717) is 18.7 Å². The standard InChI is InChI=1S/C29H28N4O5S/c34-28(32-13-11-31(12-14-32)16-21-7-10-24-25(15-21)38-19-37-24)22-8-5-20(6-9-22)17-33(29(35)36)18-27-30-23-3-1-2-4-26(23)39-27/h1-10,15H,11-14,16-19H2,(H,35,36). The van der Waals surface area contributed by atoms with Crippen LogP contribution in [0.2, 0.25) is 0 Å². The SMILES string of the molecule is O=C(O)N(Cc1ccc(C(=O)N2CCN(Cc3ccc4c(c3)OCO4)CC2)cc1)Cc1nc2ccccc2s1. The first-order valence-electron chi connectivity index (χ1n) is 12.8. The number of carbonyl (C=O) groups is 2. The van der Waals surface area contributed by atoms with Gasteiger partial charge in [-0.05, 0) is 47.5 Å². The minimum atomic E-state index is -1.01. The van der Waals surface area contributed by atoms with Crippen LogP contribution >= 0.6 is 11.3 Å². The third-order valence-corrected chi connectivity index (χ3v) is 8.03. The van der Waals surface area contributed by atoms with Crippen LogP contribution in [0, 0.1) is 0 Å². The molecule has 2 aliphatic rings. The Morgan fingerprint density at radius 3 is 2.41 bits per heavy atom. The molecule has 2 amide bonds. The summed E-state index contributed by atoms with van der Waals surface area (Å²) in [7, 11) is 0. The van der Waals surface area contributed by atoms with Crippen molar-refractivity contribution < 1.29 is 24.2 Å². The molecule has 1 fully saturated rings. The van der Waals surface area contributed by atoms with Crippen molar-refractivity contribution in [3.63, 3.8) is 0 Å². The van der Waals surface area contributed by atoms with Crippen LogP contribution in [-0.2, 0) is 19.6 Å². The van der Waals surface area contributed by atoms with Gasteiger partial charge in [-0.3, -0.25) is 14.6 Å². The number of ether oxygens (including phenoxy) is 2. The molecule has 0 unspecified atom stereocenters. The molecule has 6 rings (SSSR count). The van der Waals surface area contributed by atoms with Crippen LogP contribution < -0.4 is 9.47 Å². The van der Waals surface area contributed by atoms with Crippen LogP contribution in [0.4, 0.5) is 4.79 Å². The monoisotopic (exact) mass is 544 g/mol. The van der Waals surface area contributed by atoms with Crippen molar-refractivity contribution in [2.45, 2.75) is 19.6 Å². The molecule has 0 saturated carbocycles. The van der Waals surface area contributed by atoms with Gasteiger partial charge in [0, 0.05) is 44.8 Å². The number of hydrogen-bond donors (Lipinski definition) is 1. The Kier molecular flexibility index (Phi) is 7.04. The maximum atomic E-state index is 13.1. The molecule has 0 spiro atoms. The number of hydrogen-bond acceptors (Lipinski definition) is 7. The van der Waals surface area contributed by atoms with E-state index in [1.54, 1.807) is 12.1 Å². The summed E-state index contributed by atoms with van der Waals surface area (Å²) >= 11 is 1.50. The van der Waals surface area contributed by atoms with Crippen molar-refractivity contribution in [2.24, 2.45) is 0 Å². The van der Waals surface area contributed by atoms with E-state index in [1.165, 1.54) is 16.2 Å². The van der Waals surface area contributed by atoms with Gasteiger partial charge in [0.1, 0.15) is 5.01 Å². The van der Waals surface area contributed by atoms with E-state index in [-0.39, 0.29) is 25.8 Å². The number of rotatable bonds is 7. The Morgan fingerprint density at radius 1 is 0.897 bits per heavy atom. The fourth-order valence-electron chi connectivity index (χ4n) is 4.90. The molecule has 1 saturated heterocycles. The van der Waals surface area contributed by atoms with Gasteiger partial charge in [-0.25, -0.2) is 9.78 Å². The lowest BCUT2D eigenvalue weighted by molar-refractivity contribution is 0.0628. The van der Waals surface area contributed by atoms with E-state index in [2.05, 4.69) is 16.0 Å². The highest BCUT2D eigenvalue weighted by Gasteiger charge is 2.23. The van der Waals surface area contributed by atoms with Gasteiger partial charge < -0.3 is 19.5 Å². The van der Waals surface area contributed by atoms with Crippen LogP contribution in [-0.4, -0.2) is 69.8 Å². The van der Waals surface area contributed by atoms with E-state index >= 15 is 0 Å². The Balaban J connectivity index is 1.03. The maximum absolute atomic E-state index is 13.1. The van der Waals surface area contributed by atoms with Gasteiger partial charge in [-0.15, -0.1) is 11.3 Å². The third kappa shape index (κ3) is 5.67. The highest BCUT2D eigenvalue weighted by molar-refractivity contribution is 7.18. The Hall–Kier alpha value is -4.15. The summed E-state index contributed by atoms with van der Waals surface area (Å²) in [6, 6.07) is 21.0. The summed E-state index contributed by atoms with van der Waals surface area (Å²) in [6.07, 6.45) is -1.01. The Labute approximate surface area is 229 Å². The second-order valence-corrected chi connectivity index (χ2v) is 10.8. The molecule has 0 radical (unpaired) electrons. The average Bonchev–Trinajstić information content (AvgIpc) is 3.59. The summed E-state index contributed by atoms with van der Waals surface area (Å²) in [5.74, 6) is 1.56. The van der Waals surface area contributed by atoms with Crippen LogP contribution in [0.15, 0.2) is 66.7 Å². The third-order valence-electron chi connectivity index (χ3n) is 7.01. The molecular weight excluding hydrogens is 516 g/mol. The number of carboxylic acid groups (broad SMARTS) is 1. The lowest BCUT2D eigenvalue weighted by Gasteiger charge is -2.34. The molecule has 39 heavy (non-hydrogen) atoms. The van der Waals surface area contributed by atoms with Crippen molar-refractivity contribution in [3.05, 3.63) is 88.4 Å². The largest absolute Gasteiger partial charge is 0.465 e. The molecule has 0 atom stereocenters. The molecule has 2 aliphatic heterocycles. The van der Waals surface area contributed by atoms with Crippen molar-refractivity contribution in [3.8, 4) is 11.5 Å². The highest BCUT2D eigenvalue weighted by atomic mass is 32.1. The molecule has 3 aromatic carbocycles. The first-order chi connectivity index (χ1) is 19.0. The number of thiazole rings is 1. The molecule has 1 aromatic heterocycles. The molecular formula is C29H28N4O5S. The molecule has 9 nitrogen and oxygen atoms in total. The van der Waals surface area contributed by atoms with Gasteiger partial charge >= 0.3 is 6.09 Å². The molecule has 10 heteroatoms. The van der Waals surface area contributed by atoms with Crippen LogP contribution in [0.1, 0.15) is 26.5 Å². The zero-order valence-electron chi connectivity index (χ0n) is 21.3. The quantitative estimate of drug-likeness (QED) is 0.362. The van der Waals surface area contributed by atoms with Gasteiger partial charge in [0.2, 0.25) is 6.79 Å². The van der Waals surface area contributed by atoms with Crippen LogP contribution in [0.5, 0.6) is 11.5 Å². The number of carbonyl (C=O) groups excluding carboxylic acids is 1. The second-order valence-electron chi connectivity index (χ2n) is 9.67. The summed E-state index contributed by atoms with van der Waals surface area (Å²) < 4.78 is 11.9. The van der Waals surface area contributed by atoms with Crippen molar-refractivity contribution in [1.29, 1.82) is 0 Å². The fraction of sp³-hybridized carbons (Fsp3) is 0.276. The minimum Gasteiger partial charge on any atom is -0.465 e. The number of piperazine rings is 1. The number of nitrogens with zero attached hydrogens (tertiary/aromatic N) is 4. The minimum absolute atomic E-state index is 0.00570. The first-order valence-corrected chi connectivity index (χ1v) is 13.6. The van der Waals surface area contributed by atoms with Gasteiger partial charge in [-0.2, -0.15) is 0 Å². The number of amides is 2. The topological polar surface area (TPSA) is 95.4 Å². The smallest absolute Gasteiger partial charge is 0.407 e. The lowest BCUT2D eigenvalue weighted by atomic mass is 10.1. The van der Waals surface area contributed by atoms with Crippen molar-refractivity contribution in [2.75, 3.05) is 33.0 Å². The van der Waals surface area contributed by atoms with E-state index in [4.69, 9.17) is 9.47 Å². The highest BCUT2D eigenvalue weighted by Crippen LogP contribution is 2.33. The lowest BCUT2D eigenvalue weighted by Crippen LogP contribution is -2.48. The van der Waals surface area contributed by atoms with Gasteiger partial charge in [-0.1, -0.05) is 30.3 Å². The van der Waals surface area contributed by atoms with Crippen LogP contribution in [0.3, 0.4) is 0 Å². The normalized spacial score (nSPS) is 15.0. The summed E-state index contributed by atoms with van der Waals surface area (Å²) in [5.41, 5.74) is 3.47. The number of fused-ring (bicyclic) bond motifs is 2. The average molecular weight is 545 g/mol. The predicted octanol–water partition coefficient (Wildman–Crippen LogP) is 4.66. The Morgan fingerprint density at radius 2 is 1.64 bits per heavy atom. The number of para-hydroxylation sites is 1. The van der Waals surface area contributed by atoms with Gasteiger partial charge in [0.25, 0.3) is 5.91 Å². The summed E-state index contributed by atoms with van der Waals surface area (Å²) in [6.45, 7) is 4.38. The van der Waals surface area contributed by atoms with Gasteiger partial charge in [0.05, 0.1) is 16.8 Å². The zero-order valence-corrected chi connectivity index (χ0v) is 22.1. The van der Waals surface area contributed by atoms with E-state index < -0.39 is 6.09 Å². The second kappa shape index (κ2) is 10.9. The zero-order chi connectivity index (χ0) is 26.8. The van der Waals surface area contributed by atoms with Crippen molar-refractivity contribution in [1.82, 2.24) is 19.7 Å². The van der Waals surface area contributed by atoms with E-state index in [1.807, 2.05) is 53.4 Å². The van der Waals surface area contributed by atoms with Crippen LogP contribution in [0.25, 0.3) is 10.2 Å². The molecule has 200 valence electrons. The van der Waals surface area contributed by atoms with E-state index in [9.17, 15) is 14.7 Å². The van der Waals surface area contributed by atoms with Gasteiger partial charge in [0.15, 0.2) is 11.5 Å². The fourth-order valence-corrected chi connectivity index (χ4v) is 5.89. The molecule has 0 bridgehead atoms. The number of aromatic nitrogens is 1.